The van der Waals surface area contributed by atoms with Gasteiger partial charge in [0.2, 0.25) is 11.8 Å². The van der Waals surface area contributed by atoms with Crippen molar-refractivity contribution in [2.45, 2.75) is 25.6 Å². The SMILES string of the molecule is COc1ncccc1C(O)C(O)CCNC(C)=O. The number of hydrogen-bond acceptors (Lipinski definition) is 5. The molecule has 0 bridgehead atoms. The Labute approximate surface area is 106 Å². The van der Waals surface area contributed by atoms with Crippen LogP contribution < -0.4 is 10.1 Å². The van der Waals surface area contributed by atoms with Crippen molar-refractivity contribution < 1.29 is 19.7 Å². The minimum absolute atomic E-state index is 0.171. The second kappa shape index (κ2) is 6.93. The van der Waals surface area contributed by atoms with Gasteiger partial charge in [-0.2, -0.15) is 0 Å². The predicted molar refractivity (Wildman–Crippen MR) is 65.1 cm³/mol. The standard InChI is InChI=1S/C12H18N2O4/c1-8(15)13-7-5-10(16)11(17)9-4-3-6-14-12(9)18-2/h3-4,6,10-11,16-17H,5,7H2,1-2H3,(H,13,15). The third-order valence-corrected chi connectivity index (χ3v) is 2.49. The van der Waals surface area contributed by atoms with Crippen LogP contribution in [0.5, 0.6) is 5.88 Å². The fraction of sp³-hybridized carbons (Fsp3) is 0.500. The predicted octanol–water partition coefficient (Wildman–Crippen LogP) is 0.0107. The smallest absolute Gasteiger partial charge is 0.218 e. The molecule has 2 unspecified atom stereocenters. The van der Waals surface area contributed by atoms with E-state index in [1.54, 1.807) is 18.3 Å². The molecule has 1 heterocycles. The van der Waals surface area contributed by atoms with Crippen molar-refractivity contribution in [3.8, 4) is 5.88 Å². The summed E-state index contributed by atoms with van der Waals surface area (Å²) < 4.78 is 5.01. The van der Waals surface area contributed by atoms with Crippen molar-refractivity contribution >= 4 is 5.91 Å². The summed E-state index contributed by atoms with van der Waals surface area (Å²) in [5.41, 5.74) is 0.426. The normalized spacial score (nSPS) is 13.8. The summed E-state index contributed by atoms with van der Waals surface area (Å²) in [6, 6.07) is 3.29. The van der Waals surface area contributed by atoms with E-state index in [4.69, 9.17) is 4.74 Å². The summed E-state index contributed by atoms with van der Waals surface area (Å²) in [6.45, 7) is 1.70. The van der Waals surface area contributed by atoms with E-state index in [-0.39, 0.29) is 18.2 Å². The molecule has 6 nitrogen and oxygen atoms in total. The maximum absolute atomic E-state index is 10.7. The van der Waals surface area contributed by atoms with Gasteiger partial charge in [-0.25, -0.2) is 4.98 Å². The van der Waals surface area contributed by atoms with Gasteiger partial charge in [0.1, 0.15) is 6.10 Å². The molecule has 2 atom stereocenters. The van der Waals surface area contributed by atoms with Crippen molar-refractivity contribution in [1.82, 2.24) is 10.3 Å². The molecule has 0 aliphatic rings. The second-order valence-corrected chi connectivity index (χ2v) is 3.89. The molecule has 1 aromatic rings. The topological polar surface area (TPSA) is 91.7 Å². The molecule has 0 fully saturated rings. The largest absolute Gasteiger partial charge is 0.481 e. The Kier molecular flexibility index (Phi) is 5.54. The van der Waals surface area contributed by atoms with Gasteiger partial charge in [-0.15, -0.1) is 0 Å². The Bertz CT molecular complexity index is 397. The lowest BCUT2D eigenvalue weighted by Gasteiger charge is -2.19. The van der Waals surface area contributed by atoms with Gasteiger partial charge < -0.3 is 20.3 Å². The molecule has 1 aromatic heterocycles. The summed E-state index contributed by atoms with van der Waals surface area (Å²) >= 11 is 0. The number of rotatable bonds is 6. The fourth-order valence-corrected chi connectivity index (χ4v) is 1.56. The Balaban J connectivity index is 2.62. The van der Waals surface area contributed by atoms with Crippen molar-refractivity contribution in [1.29, 1.82) is 0 Å². The van der Waals surface area contributed by atoms with Crippen LogP contribution in [0.1, 0.15) is 25.0 Å². The number of aromatic nitrogens is 1. The number of amides is 1. The number of pyridine rings is 1. The van der Waals surface area contributed by atoms with E-state index in [2.05, 4.69) is 10.3 Å². The Hall–Kier alpha value is -1.66. The molecule has 0 aliphatic carbocycles. The first-order valence-electron chi connectivity index (χ1n) is 5.65. The molecule has 0 saturated carbocycles. The van der Waals surface area contributed by atoms with Gasteiger partial charge in [0, 0.05) is 25.2 Å². The van der Waals surface area contributed by atoms with Gasteiger partial charge in [-0.1, -0.05) is 0 Å². The Morgan fingerprint density at radius 1 is 1.56 bits per heavy atom. The van der Waals surface area contributed by atoms with Gasteiger partial charge >= 0.3 is 0 Å². The Morgan fingerprint density at radius 2 is 2.28 bits per heavy atom. The van der Waals surface area contributed by atoms with Crippen molar-refractivity contribution in [3.05, 3.63) is 23.9 Å². The minimum Gasteiger partial charge on any atom is -0.481 e. The molecule has 0 aromatic carbocycles. The Morgan fingerprint density at radius 3 is 2.89 bits per heavy atom. The zero-order chi connectivity index (χ0) is 13.5. The molecular formula is C12H18N2O4. The van der Waals surface area contributed by atoms with Crippen molar-refractivity contribution in [2.24, 2.45) is 0 Å². The van der Waals surface area contributed by atoms with Crippen LogP contribution in [0.15, 0.2) is 18.3 Å². The van der Waals surface area contributed by atoms with Crippen LogP contribution in [-0.4, -0.2) is 40.9 Å². The zero-order valence-electron chi connectivity index (χ0n) is 10.5. The summed E-state index contributed by atoms with van der Waals surface area (Å²) in [4.78, 5) is 14.6. The van der Waals surface area contributed by atoms with Crippen LogP contribution in [0.2, 0.25) is 0 Å². The van der Waals surface area contributed by atoms with E-state index in [1.165, 1.54) is 14.0 Å². The summed E-state index contributed by atoms with van der Waals surface area (Å²) in [5.74, 6) is 0.110. The van der Waals surface area contributed by atoms with E-state index in [1.807, 2.05) is 0 Å². The summed E-state index contributed by atoms with van der Waals surface area (Å²) in [7, 11) is 1.45. The average Bonchev–Trinajstić information content (AvgIpc) is 2.37. The van der Waals surface area contributed by atoms with Gasteiger partial charge in [-0.05, 0) is 18.6 Å². The lowest BCUT2D eigenvalue weighted by molar-refractivity contribution is -0.119. The highest BCUT2D eigenvalue weighted by Crippen LogP contribution is 2.25. The van der Waals surface area contributed by atoms with Crippen LogP contribution in [0.25, 0.3) is 0 Å². The number of nitrogens with one attached hydrogen (secondary N) is 1. The van der Waals surface area contributed by atoms with Crippen LogP contribution in [0.3, 0.4) is 0 Å². The lowest BCUT2D eigenvalue weighted by Crippen LogP contribution is -2.27. The molecule has 1 amide bonds. The second-order valence-electron chi connectivity index (χ2n) is 3.89. The monoisotopic (exact) mass is 254 g/mol. The van der Waals surface area contributed by atoms with Crippen LogP contribution in [0, 0.1) is 0 Å². The van der Waals surface area contributed by atoms with Crippen LogP contribution in [0.4, 0.5) is 0 Å². The summed E-state index contributed by atoms with van der Waals surface area (Å²) in [6.07, 6.45) is -0.297. The lowest BCUT2D eigenvalue weighted by atomic mass is 10.0. The molecule has 3 N–H and O–H groups in total. The molecule has 0 saturated heterocycles. The number of carbonyl (C=O) groups excluding carboxylic acids is 1. The van der Waals surface area contributed by atoms with E-state index in [0.717, 1.165) is 0 Å². The molecule has 18 heavy (non-hydrogen) atoms. The van der Waals surface area contributed by atoms with Gasteiger partial charge in [0.05, 0.1) is 13.2 Å². The van der Waals surface area contributed by atoms with Crippen molar-refractivity contribution in [2.75, 3.05) is 13.7 Å². The number of nitrogens with zero attached hydrogens (tertiary/aromatic N) is 1. The van der Waals surface area contributed by atoms with E-state index >= 15 is 0 Å². The highest BCUT2D eigenvalue weighted by atomic mass is 16.5. The third kappa shape index (κ3) is 3.97. The zero-order valence-corrected chi connectivity index (χ0v) is 10.5. The third-order valence-electron chi connectivity index (χ3n) is 2.49. The highest BCUT2D eigenvalue weighted by Gasteiger charge is 2.22. The van der Waals surface area contributed by atoms with Crippen molar-refractivity contribution in [3.63, 3.8) is 0 Å². The number of carbonyl (C=O) groups is 1. The first kappa shape index (κ1) is 14.4. The molecular weight excluding hydrogens is 236 g/mol. The van der Waals surface area contributed by atoms with E-state index < -0.39 is 12.2 Å². The molecule has 0 radical (unpaired) electrons. The van der Waals surface area contributed by atoms with E-state index in [0.29, 0.717) is 12.1 Å². The number of ether oxygens (including phenoxy) is 1. The highest BCUT2D eigenvalue weighted by molar-refractivity contribution is 5.72. The van der Waals surface area contributed by atoms with E-state index in [9.17, 15) is 15.0 Å². The average molecular weight is 254 g/mol. The summed E-state index contributed by atoms with van der Waals surface area (Å²) in [5, 5.41) is 22.4. The fourth-order valence-electron chi connectivity index (χ4n) is 1.56. The molecule has 1 rings (SSSR count). The van der Waals surface area contributed by atoms with Gasteiger partial charge in [0.25, 0.3) is 0 Å². The van der Waals surface area contributed by atoms with Crippen LogP contribution >= 0.6 is 0 Å². The first-order chi connectivity index (χ1) is 8.56. The molecule has 0 aliphatic heterocycles. The number of aliphatic hydroxyl groups is 2. The number of aliphatic hydroxyl groups excluding tert-OH is 2. The number of hydrogen-bond donors (Lipinski definition) is 3. The van der Waals surface area contributed by atoms with Gasteiger partial charge in [0.15, 0.2) is 0 Å². The molecule has 0 spiro atoms. The van der Waals surface area contributed by atoms with Gasteiger partial charge in [-0.3, -0.25) is 4.79 Å². The quantitative estimate of drug-likeness (QED) is 0.665. The van der Waals surface area contributed by atoms with Crippen LogP contribution in [-0.2, 0) is 4.79 Å². The molecule has 6 heteroatoms. The minimum atomic E-state index is -1.09. The maximum Gasteiger partial charge on any atom is 0.218 e. The maximum atomic E-state index is 10.7. The molecule has 100 valence electrons. The number of methoxy groups -OCH3 is 1. The first-order valence-corrected chi connectivity index (χ1v) is 5.65.